The maximum Gasteiger partial charge on any atom is 0.383 e. The van der Waals surface area contributed by atoms with Gasteiger partial charge in [-0.25, -0.2) is 0 Å². The van der Waals surface area contributed by atoms with Gasteiger partial charge in [0.2, 0.25) is 0 Å². The average molecular weight is 348 g/mol. The van der Waals surface area contributed by atoms with Crippen LogP contribution in [0.3, 0.4) is 0 Å². The third kappa shape index (κ3) is 3.99. The Morgan fingerprint density at radius 3 is 0.880 bits per heavy atom. The first kappa shape index (κ1) is 17.4. The molecule has 0 radical (unpaired) electrons. The van der Waals surface area contributed by atoms with Gasteiger partial charge in [0.25, 0.3) is 0 Å². The molecule has 0 saturated carbocycles. The molecule has 0 bridgehead atoms. The van der Waals surface area contributed by atoms with Crippen molar-refractivity contribution in [1.29, 1.82) is 0 Å². The molecule has 0 spiro atoms. The third-order valence-electron chi connectivity index (χ3n) is 4.35. The molecule has 3 aromatic rings. The lowest BCUT2D eigenvalue weighted by Gasteiger charge is -2.15. The highest BCUT2D eigenvalue weighted by Gasteiger charge is 2.25. The van der Waals surface area contributed by atoms with E-state index in [1.807, 2.05) is 36.4 Å². The molecule has 0 saturated heterocycles. The van der Waals surface area contributed by atoms with Crippen molar-refractivity contribution < 1.29 is 14.2 Å². The van der Waals surface area contributed by atoms with Gasteiger partial charge in [0, 0.05) is 0 Å². The van der Waals surface area contributed by atoms with Crippen molar-refractivity contribution in [3.8, 4) is 17.2 Å². The van der Waals surface area contributed by atoms with Crippen LogP contribution in [-0.2, 0) is 0 Å². The lowest BCUT2D eigenvalue weighted by Crippen LogP contribution is -2.51. The highest BCUT2D eigenvalue weighted by molar-refractivity contribution is 6.95. The Hall–Kier alpha value is -2.41. The Morgan fingerprint density at radius 1 is 0.440 bits per heavy atom. The number of benzene rings is 3. The Bertz CT molecular complexity index is 683. The van der Waals surface area contributed by atoms with Crippen LogP contribution in [0, 0.1) is 0 Å². The molecule has 3 nitrogen and oxygen atoms in total. The molecule has 0 fully saturated rings. The van der Waals surface area contributed by atoms with E-state index < -0.39 is 14.1 Å². The van der Waals surface area contributed by atoms with E-state index in [0.29, 0.717) is 0 Å². The summed E-state index contributed by atoms with van der Waals surface area (Å²) in [7, 11) is 5.07. The molecule has 126 valence electrons. The van der Waals surface area contributed by atoms with Crippen LogP contribution in [0.5, 0.6) is 17.2 Å². The van der Waals surface area contributed by atoms with Crippen LogP contribution in [0.15, 0.2) is 72.8 Å². The molecule has 0 aliphatic carbocycles. The van der Waals surface area contributed by atoms with E-state index >= 15 is 0 Å². The lowest BCUT2D eigenvalue weighted by molar-refractivity contribution is 0.415. The molecule has 4 heteroatoms. The summed E-state index contributed by atoms with van der Waals surface area (Å²) >= 11 is -1.57. The van der Waals surface area contributed by atoms with Crippen LogP contribution in [-0.4, -0.2) is 35.5 Å². The van der Waals surface area contributed by atoms with E-state index in [4.69, 9.17) is 14.2 Å². The second kappa shape index (κ2) is 8.11. The van der Waals surface area contributed by atoms with Crippen LogP contribution in [0.1, 0.15) is 0 Å². The smallest absolute Gasteiger partial charge is 0.383 e. The van der Waals surface area contributed by atoms with Crippen LogP contribution >= 0.6 is 0 Å². The summed E-state index contributed by atoms with van der Waals surface area (Å²) < 4.78 is 19.9. The second-order valence-electron chi connectivity index (χ2n) is 5.75. The van der Waals surface area contributed by atoms with E-state index in [1.165, 1.54) is 13.3 Å². The highest BCUT2D eigenvalue weighted by Crippen LogP contribution is 2.11. The summed E-state index contributed by atoms with van der Waals surface area (Å²) in [6, 6.07) is 25.2. The molecule has 0 amide bonds. The quantitative estimate of drug-likeness (QED) is 0.640. The summed E-state index contributed by atoms with van der Waals surface area (Å²) in [5.41, 5.74) is 0. The molecule has 3 aromatic carbocycles. The standard InChI is InChI=1S/3C7H7O.Al/c3*1-8-7-5-3-2-4-6-7;/h3*3-6H,1H3;. The van der Waals surface area contributed by atoms with Crippen molar-refractivity contribution in [1.82, 2.24) is 0 Å². The minimum Gasteiger partial charge on any atom is -0.497 e. The Kier molecular flexibility index (Phi) is 5.65. The van der Waals surface area contributed by atoms with Gasteiger partial charge < -0.3 is 14.2 Å². The number of hydrogen-bond acceptors (Lipinski definition) is 3. The molecular formula is C21H21AlO3. The average Bonchev–Trinajstić information content (AvgIpc) is 2.70. The monoisotopic (exact) mass is 348 g/mol. The SMILES string of the molecule is COc1cc[c]([Al]([c]2ccc(OC)cc2)[c]2ccc(OC)cc2)cc1. The predicted molar refractivity (Wildman–Crippen MR) is 104 cm³/mol. The second-order valence-corrected chi connectivity index (χ2v) is 8.62. The van der Waals surface area contributed by atoms with Gasteiger partial charge >= 0.3 is 14.1 Å². The molecule has 0 aliphatic heterocycles. The molecule has 3 rings (SSSR count). The molecular weight excluding hydrogens is 327 g/mol. The molecule has 0 aromatic heterocycles. The van der Waals surface area contributed by atoms with Gasteiger partial charge in [-0.3, -0.25) is 0 Å². The zero-order valence-corrected chi connectivity index (χ0v) is 15.9. The lowest BCUT2D eigenvalue weighted by atomic mass is 10.3. The van der Waals surface area contributed by atoms with Gasteiger partial charge in [0.1, 0.15) is 17.2 Å². The Balaban J connectivity index is 2.04. The van der Waals surface area contributed by atoms with Crippen LogP contribution in [0.2, 0.25) is 0 Å². The van der Waals surface area contributed by atoms with Gasteiger partial charge in [-0.05, 0) is 36.4 Å². The van der Waals surface area contributed by atoms with Crippen LogP contribution in [0.4, 0.5) is 0 Å². The number of methoxy groups -OCH3 is 3. The van der Waals surface area contributed by atoms with Crippen LogP contribution < -0.4 is 27.5 Å². The topological polar surface area (TPSA) is 27.7 Å². The van der Waals surface area contributed by atoms with Crippen LogP contribution in [0.25, 0.3) is 0 Å². The van der Waals surface area contributed by atoms with E-state index in [2.05, 4.69) is 36.4 Å². The van der Waals surface area contributed by atoms with Gasteiger partial charge in [0.15, 0.2) is 0 Å². The van der Waals surface area contributed by atoms with Crippen molar-refractivity contribution in [2.45, 2.75) is 0 Å². The maximum atomic E-state index is 5.30. The number of rotatable bonds is 6. The van der Waals surface area contributed by atoms with E-state index in [-0.39, 0.29) is 0 Å². The summed E-state index contributed by atoms with van der Waals surface area (Å²) in [6.07, 6.45) is 0. The van der Waals surface area contributed by atoms with Crippen molar-refractivity contribution >= 4 is 27.4 Å². The summed E-state index contributed by atoms with van der Waals surface area (Å²) in [4.78, 5) is 0. The number of hydrogen-bond donors (Lipinski definition) is 0. The molecule has 0 aliphatic rings. The molecule has 0 atom stereocenters. The van der Waals surface area contributed by atoms with Gasteiger partial charge in [0.05, 0.1) is 21.3 Å². The summed E-state index contributed by atoms with van der Waals surface area (Å²) in [5, 5.41) is 0. The largest absolute Gasteiger partial charge is 0.497 e. The fourth-order valence-electron chi connectivity index (χ4n) is 2.97. The van der Waals surface area contributed by atoms with Crippen molar-refractivity contribution in [2.24, 2.45) is 0 Å². The minimum atomic E-state index is -1.57. The van der Waals surface area contributed by atoms with Crippen molar-refractivity contribution in [3.05, 3.63) is 72.8 Å². The Morgan fingerprint density at radius 2 is 0.680 bits per heavy atom. The molecule has 0 heterocycles. The molecule has 25 heavy (non-hydrogen) atoms. The van der Waals surface area contributed by atoms with Crippen molar-refractivity contribution in [2.75, 3.05) is 21.3 Å². The first-order chi connectivity index (χ1) is 12.2. The van der Waals surface area contributed by atoms with E-state index in [1.54, 1.807) is 21.3 Å². The van der Waals surface area contributed by atoms with Crippen molar-refractivity contribution in [3.63, 3.8) is 0 Å². The maximum absolute atomic E-state index is 5.30. The third-order valence-corrected chi connectivity index (χ3v) is 7.50. The van der Waals surface area contributed by atoms with E-state index in [9.17, 15) is 0 Å². The fraction of sp³-hybridized carbons (Fsp3) is 0.143. The number of ether oxygens (including phenoxy) is 3. The zero-order chi connectivity index (χ0) is 17.6. The zero-order valence-electron chi connectivity index (χ0n) is 14.7. The summed E-state index contributed by atoms with van der Waals surface area (Å²) in [6.45, 7) is 0. The predicted octanol–water partition coefficient (Wildman–Crippen LogP) is 2.23. The first-order valence-corrected chi connectivity index (χ1v) is 9.90. The van der Waals surface area contributed by atoms with Gasteiger partial charge in [-0.15, -0.1) is 0 Å². The molecule has 0 unspecified atom stereocenters. The fourth-order valence-corrected chi connectivity index (χ4v) is 5.85. The summed E-state index contributed by atoms with van der Waals surface area (Å²) in [5.74, 6) is 2.63. The normalized spacial score (nSPS) is 10.2. The first-order valence-electron chi connectivity index (χ1n) is 8.17. The minimum absolute atomic E-state index is 0.876. The van der Waals surface area contributed by atoms with E-state index in [0.717, 1.165) is 17.2 Å². The molecule has 0 N–H and O–H groups in total. The van der Waals surface area contributed by atoms with Gasteiger partial charge in [-0.2, -0.15) is 0 Å². The Labute approximate surface area is 153 Å². The highest BCUT2D eigenvalue weighted by atomic mass is 27.2. The van der Waals surface area contributed by atoms with Gasteiger partial charge in [-0.1, -0.05) is 49.7 Å².